The molecule has 2 N–H and O–H groups in total. The van der Waals surface area contributed by atoms with Crippen molar-refractivity contribution in [3.63, 3.8) is 0 Å². The van der Waals surface area contributed by atoms with Crippen LogP contribution >= 0.6 is 24.0 Å². The van der Waals surface area contributed by atoms with Crippen LogP contribution in [0, 0.1) is 0 Å². The van der Waals surface area contributed by atoms with Crippen LogP contribution in [-0.2, 0) is 17.7 Å². The first-order valence-electron chi connectivity index (χ1n) is 11.3. The van der Waals surface area contributed by atoms with Crippen LogP contribution in [0.1, 0.15) is 44.2 Å². The van der Waals surface area contributed by atoms with Gasteiger partial charge in [0, 0.05) is 63.5 Å². The predicted octanol–water partition coefficient (Wildman–Crippen LogP) is 3.19. The maximum atomic E-state index is 5.92. The molecule has 0 radical (unpaired) electrons. The molecule has 1 aromatic carbocycles. The highest BCUT2D eigenvalue weighted by atomic mass is 127. The Morgan fingerprint density at radius 3 is 2.71 bits per heavy atom. The molecule has 0 spiro atoms. The smallest absolute Gasteiger partial charge is 0.191 e. The fraction of sp³-hybridized carbons (Fsp3) is 0.696. The molecule has 1 fully saturated rings. The van der Waals surface area contributed by atoms with Gasteiger partial charge in [0.05, 0.1) is 13.7 Å². The minimum absolute atomic E-state index is 0. The molecule has 2 aliphatic heterocycles. The molecule has 0 aromatic heterocycles. The van der Waals surface area contributed by atoms with E-state index in [1.165, 1.54) is 5.56 Å². The predicted molar refractivity (Wildman–Crippen MR) is 136 cm³/mol. The summed E-state index contributed by atoms with van der Waals surface area (Å²) in [5, 5.41) is 7.01. The number of benzene rings is 1. The van der Waals surface area contributed by atoms with Gasteiger partial charge in [-0.2, -0.15) is 0 Å². The van der Waals surface area contributed by atoms with Crippen molar-refractivity contribution in [2.24, 2.45) is 4.99 Å². The zero-order chi connectivity index (χ0) is 21.3. The average molecular weight is 546 g/mol. The maximum absolute atomic E-state index is 5.92. The van der Waals surface area contributed by atoms with E-state index in [1.54, 1.807) is 14.2 Å². The number of halogens is 1. The number of hydrogen-bond acceptors (Lipinski definition) is 5. The Kier molecular flexibility index (Phi) is 11.2. The van der Waals surface area contributed by atoms with E-state index in [0.29, 0.717) is 12.6 Å². The Hall–Kier alpha value is -1.26. The molecule has 0 saturated carbocycles. The number of methoxy groups -OCH3 is 2. The van der Waals surface area contributed by atoms with Crippen LogP contribution in [0.15, 0.2) is 17.1 Å². The standard InChI is InChI=1S/C23H38N4O3.HI/c1-5-24-23(26-20-7-10-27(11-8-20)9-6-12-28-3)25-16-19-15-22-18(13-17(2)30-22)14-21(19)29-4;/h14-15,17,20H,5-13,16H2,1-4H3,(H2,24,25,26);1H. The molecule has 1 atom stereocenters. The van der Waals surface area contributed by atoms with E-state index in [2.05, 4.69) is 41.5 Å². The van der Waals surface area contributed by atoms with Crippen molar-refractivity contribution in [1.29, 1.82) is 0 Å². The molecular formula is C23H39IN4O3. The second kappa shape index (κ2) is 13.3. The average Bonchev–Trinajstić information content (AvgIpc) is 3.11. The fourth-order valence-electron chi connectivity index (χ4n) is 4.21. The number of piperidine rings is 1. The summed E-state index contributed by atoms with van der Waals surface area (Å²) in [6.07, 6.45) is 4.52. The van der Waals surface area contributed by atoms with Gasteiger partial charge in [0.1, 0.15) is 17.6 Å². The van der Waals surface area contributed by atoms with Gasteiger partial charge in [-0.05, 0) is 45.2 Å². The zero-order valence-electron chi connectivity index (χ0n) is 19.4. The number of rotatable bonds is 9. The van der Waals surface area contributed by atoms with Gasteiger partial charge in [-0.1, -0.05) is 0 Å². The second-order valence-corrected chi connectivity index (χ2v) is 8.21. The minimum Gasteiger partial charge on any atom is -0.496 e. The normalized spacial score (nSPS) is 19.4. The van der Waals surface area contributed by atoms with Crippen LogP contribution in [0.4, 0.5) is 0 Å². The number of guanidine groups is 1. The highest BCUT2D eigenvalue weighted by molar-refractivity contribution is 14.0. The maximum Gasteiger partial charge on any atom is 0.191 e. The second-order valence-electron chi connectivity index (χ2n) is 8.21. The van der Waals surface area contributed by atoms with Gasteiger partial charge in [-0.25, -0.2) is 4.99 Å². The highest BCUT2D eigenvalue weighted by Gasteiger charge is 2.22. The topological polar surface area (TPSA) is 67.4 Å². The van der Waals surface area contributed by atoms with Crippen molar-refractivity contribution in [2.75, 3.05) is 47.0 Å². The van der Waals surface area contributed by atoms with Crippen molar-refractivity contribution in [2.45, 2.75) is 58.2 Å². The molecule has 1 aromatic rings. The van der Waals surface area contributed by atoms with Gasteiger partial charge in [-0.3, -0.25) is 0 Å². The first-order chi connectivity index (χ1) is 14.6. The molecule has 0 amide bonds. The molecular weight excluding hydrogens is 507 g/mol. The lowest BCUT2D eigenvalue weighted by Gasteiger charge is -2.33. The summed E-state index contributed by atoms with van der Waals surface area (Å²) in [5.41, 5.74) is 2.27. The minimum atomic E-state index is 0. The van der Waals surface area contributed by atoms with E-state index in [4.69, 9.17) is 19.2 Å². The van der Waals surface area contributed by atoms with Crippen LogP contribution in [0.25, 0.3) is 0 Å². The lowest BCUT2D eigenvalue weighted by Crippen LogP contribution is -2.48. The van der Waals surface area contributed by atoms with Crippen LogP contribution in [0.3, 0.4) is 0 Å². The molecule has 1 saturated heterocycles. The molecule has 2 aliphatic rings. The number of aliphatic imine (C=N–C) groups is 1. The number of hydrogen-bond donors (Lipinski definition) is 2. The molecule has 2 heterocycles. The van der Waals surface area contributed by atoms with Gasteiger partial charge in [0.15, 0.2) is 5.96 Å². The largest absolute Gasteiger partial charge is 0.496 e. The number of nitrogens with zero attached hydrogens (tertiary/aromatic N) is 2. The van der Waals surface area contributed by atoms with Crippen molar-refractivity contribution in [3.05, 3.63) is 23.3 Å². The summed E-state index contributed by atoms with van der Waals surface area (Å²) in [5.74, 6) is 2.72. The molecule has 1 unspecified atom stereocenters. The lowest BCUT2D eigenvalue weighted by atomic mass is 10.1. The Morgan fingerprint density at radius 1 is 1.26 bits per heavy atom. The number of ether oxygens (including phenoxy) is 3. The van der Waals surface area contributed by atoms with Gasteiger partial charge in [-0.15, -0.1) is 24.0 Å². The van der Waals surface area contributed by atoms with E-state index in [0.717, 1.165) is 81.5 Å². The summed E-state index contributed by atoms with van der Waals surface area (Å²) >= 11 is 0. The third-order valence-electron chi connectivity index (χ3n) is 5.80. The first-order valence-corrected chi connectivity index (χ1v) is 11.3. The SMILES string of the molecule is CCNC(=NCc1cc2c(cc1OC)CC(C)O2)NC1CCN(CCCOC)CC1.I. The van der Waals surface area contributed by atoms with Gasteiger partial charge in [0.25, 0.3) is 0 Å². The summed E-state index contributed by atoms with van der Waals surface area (Å²) in [6.45, 7) is 9.78. The monoisotopic (exact) mass is 546 g/mol. The molecule has 3 rings (SSSR count). The Bertz CT molecular complexity index is 708. The molecule has 176 valence electrons. The fourth-order valence-corrected chi connectivity index (χ4v) is 4.21. The summed E-state index contributed by atoms with van der Waals surface area (Å²) in [4.78, 5) is 7.36. The molecule has 31 heavy (non-hydrogen) atoms. The summed E-state index contributed by atoms with van der Waals surface area (Å²) in [6, 6.07) is 4.64. The molecule has 8 heteroatoms. The summed E-state index contributed by atoms with van der Waals surface area (Å²) < 4.78 is 16.7. The lowest BCUT2D eigenvalue weighted by molar-refractivity contribution is 0.155. The quantitative estimate of drug-likeness (QED) is 0.215. The Labute approximate surface area is 204 Å². The van der Waals surface area contributed by atoms with E-state index in [1.807, 2.05) is 0 Å². The molecule has 7 nitrogen and oxygen atoms in total. The van der Waals surface area contributed by atoms with Crippen molar-refractivity contribution >= 4 is 29.9 Å². The third-order valence-corrected chi connectivity index (χ3v) is 5.80. The van der Waals surface area contributed by atoms with Crippen LogP contribution in [0.2, 0.25) is 0 Å². The Balaban J connectivity index is 0.00000341. The van der Waals surface area contributed by atoms with Crippen LogP contribution in [0.5, 0.6) is 11.5 Å². The third kappa shape index (κ3) is 7.68. The van der Waals surface area contributed by atoms with Crippen LogP contribution in [-0.4, -0.2) is 70.0 Å². The van der Waals surface area contributed by atoms with E-state index < -0.39 is 0 Å². The van der Waals surface area contributed by atoms with E-state index >= 15 is 0 Å². The number of nitrogens with one attached hydrogen (secondary N) is 2. The summed E-state index contributed by atoms with van der Waals surface area (Å²) in [7, 11) is 3.49. The van der Waals surface area contributed by atoms with E-state index in [9.17, 15) is 0 Å². The van der Waals surface area contributed by atoms with Crippen molar-refractivity contribution in [3.8, 4) is 11.5 Å². The Morgan fingerprint density at radius 2 is 2.03 bits per heavy atom. The first kappa shape index (κ1) is 26.0. The van der Waals surface area contributed by atoms with E-state index in [-0.39, 0.29) is 30.1 Å². The number of fused-ring (bicyclic) bond motifs is 1. The van der Waals surface area contributed by atoms with Gasteiger partial charge < -0.3 is 29.7 Å². The number of likely N-dealkylation sites (tertiary alicyclic amines) is 1. The highest BCUT2D eigenvalue weighted by Crippen LogP contribution is 2.35. The zero-order valence-corrected chi connectivity index (χ0v) is 21.7. The van der Waals surface area contributed by atoms with Gasteiger partial charge in [0.2, 0.25) is 0 Å². The molecule has 0 aliphatic carbocycles. The van der Waals surface area contributed by atoms with Gasteiger partial charge >= 0.3 is 0 Å². The van der Waals surface area contributed by atoms with Crippen LogP contribution < -0.4 is 20.1 Å². The molecule has 0 bridgehead atoms. The van der Waals surface area contributed by atoms with Crippen molar-refractivity contribution in [1.82, 2.24) is 15.5 Å². The van der Waals surface area contributed by atoms with Crippen molar-refractivity contribution < 1.29 is 14.2 Å².